The normalized spacial score (nSPS) is 16.3. The number of halogens is 1. The Morgan fingerprint density at radius 3 is 1.87 bits per heavy atom. The van der Waals surface area contributed by atoms with E-state index in [-0.39, 0.29) is 26.6 Å². The molecule has 314 valence electrons. The summed E-state index contributed by atoms with van der Waals surface area (Å²) in [6.07, 6.45) is 0.827. The first-order chi connectivity index (χ1) is 30.8. The first kappa shape index (κ1) is 42.0. The molecule has 5 aromatic carbocycles. The van der Waals surface area contributed by atoms with Gasteiger partial charge in [0, 0.05) is 27.3 Å². The van der Waals surface area contributed by atoms with Crippen LogP contribution in [0.5, 0.6) is 0 Å². The summed E-state index contributed by atoms with van der Waals surface area (Å²) < 4.78 is 11.1. The molecule has 0 bridgehead atoms. The van der Waals surface area contributed by atoms with Crippen LogP contribution in [-0.4, -0.2) is 60.1 Å². The molecule has 1 fully saturated rings. The number of nitrogen functional groups attached to an aromatic ring is 1. The lowest BCUT2D eigenvalue weighted by Gasteiger charge is -2.49. The fraction of sp³-hybridized carbons (Fsp3) is 0.109. The van der Waals surface area contributed by atoms with Crippen molar-refractivity contribution in [3.63, 3.8) is 0 Å². The predicted octanol–water partition coefficient (Wildman–Crippen LogP) is 8.68. The summed E-state index contributed by atoms with van der Waals surface area (Å²) in [5.41, 5.74) is 8.21. The van der Waals surface area contributed by atoms with Gasteiger partial charge in [-0.25, -0.2) is 9.78 Å². The van der Waals surface area contributed by atoms with E-state index in [0.717, 1.165) is 43.4 Å². The number of anilines is 1. The van der Waals surface area contributed by atoms with Gasteiger partial charge in [0.1, 0.15) is 31.4 Å². The second-order valence-corrected chi connectivity index (χ2v) is 19.0. The smallest absolute Gasteiger partial charge is 0.356 e. The van der Waals surface area contributed by atoms with Crippen LogP contribution in [0.1, 0.15) is 39.6 Å². The molecule has 0 spiro atoms. The monoisotopic (exact) mass is 927 g/mol. The second kappa shape index (κ2) is 18.6. The van der Waals surface area contributed by atoms with Gasteiger partial charge in [0.2, 0.25) is 5.60 Å². The van der Waals surface area contributed by atoms with E-state index in [0.29, 0.717) is 10.7 Å². The van der Waals surface area contributed by atoms with Crippen LogP contribution >= 0.6 is 58.0 Å². The molecule has 0 radical (unpaired) electrons. The van der Waals surface area contributed by atoms with Crippen LogP contribution in [0.3, 0.4) is 0 Å². The Morgan fingerprint density at radius 2 is 1.38 bits per heavy atom. The number of carbonyl (C=O) groups is 3. The molecule has 3 N–H and O–H groups in total. The zero-order chi connectivity index (χ0) is 43.3. The highest BCUT2D eigenvalue weighted by Crippen LogP contribution is 2.47. The Morgan fingerprint density at radius 1 is 0.841 bits per heavy atom. The van der Waals surface area contributed by atoms with Gasteiger partial charge in [-0.05, 0) is 22.7 Å². The van der Waals surface area contributed by atoms with Gasteiger partial charge < -0.3 is 20.6 Å². The number of nitrogens with one attached hydrogen (secondary N) is 1. The number of thiazole rings is 1. The largest absolute Gasteiger partial charge is 0.448 e. The number of hydrogen-bond donors (Lipinski definition) is 2. The number of nitrogens with two attached hydrogens (primary N) is 1. The average molecular weight is 929 g/mol. The highest BCUT2D eigenvalue weighted by atomic mass is 35.5. The topological polar surface area (TPSA) is 162 Å². The van der Waals surface area contributed by atoms with Crippen LogP contribution in [0.2, 0.25) is 4.34 Å². The molecule has 2 unspecified atom stereocenters. The molecule has 2 aromatic heterocycles. The molecular weight excluding hydrogens is 894 g/mol. The Labute approximate surface area is 383 Å². The Kier molecular flexibility index (Phi) is 12.4. The third kappa shape index (κ3) is 8.47. The minimum atomic E-state index is -1.36. The number of esters is 1. The molecular formula is C46H34ClN7O5S4. The quantitative estimate of drug-likeness (QED) is 0.0353. The van der Waals surface area contributed by atoms with Crippen molar-refractivity contribution in [3.05, 3.63) is 206 Å². The number of β-lactam (4-membered cyclic amide) rings is 1. The lowest BCUT2D eigenvalue weighted by Crippen LogP contribution is -2.71. The lowest BCUT2D eigenvalue weighted by atomic mass is 9.80. The standard InChI is InChI=1S/C46H34ClN7O5S4/c47-40-35(51-45(48)62-40)36(52-59-46(30-20-10-3-11-21-30,31-22-12-4-13-23-31)32-24-14-5-15-25-32)41(55)50-37-42(56)54-38(33(27-60-43(37)54)61-34-26-49-53-63-34)44(57)58-39(28-16-6-1-7-17-28)29-18-8-2-9-19-29/h1-26,37,39,43H,27H2,(H2,48,51)(H,50,55). The lowest BCUT2D eigenvalue weighted by molar-refractivity contribution is -0.154. The van der Waals surface area contributed by atoms with Crippen molar-refractivity contribution in [1.29, 1.82) is 0 Å². The molecule has 2 aliphatic heterocycles. The van der Waals surface area contributed by atoms with Gasteiger partial charge in [-0.2, -0.15) is 0 Å². The van der Waals surface area contributed by atoms with Gasteiger partial charge in [-0.1, -0.05) is 196 Å². The number of rotatable bonds is 14. The van der Waals surface area contributed by atoms with E-state index in [1.807, 2.05) is 152 Å². The maximum absolute atomic E-state index is 14.6. The molecule has 0 saturated carbocycles. The zero-order valence-electron chi connectivity index (χ0n) is 32.8. The van der Waals surface area contributed by atoms with Gasteiger partial charge in [-0.3, -0.25) is 14.5 Å². The zero-order valence-corrected chi connectivity index (χ0v) is 36.8. The van der Waals surface area contributed by atoms with Gasteiger partial charge in [0.25, 0.3) is 11.8 Å². The number of oxime groups is 1. The maximum Gasteiger partial charge on any atom is 0.356 e. The van der Waals surface area contributed by atoms with Gasteiger partial charge in [0.15, 0.2) is 16.9 Å². The number of carbonyl (C=O) groups excluding carboxylic acids is 3. The van der Waals surface area contributed by atoms with E-state index < -0.39 is 40.9 Å². The first-order valence-corrected chi connectivity index (χ1v) is 23.2. The van der Waals surface area contributed by atoms with Crippen LogP contribution in [-0.2, 0) is 29.6 Å². The molecule has 4 heterocycles. The summed E-state index contributed by atoms with van der Waals surface area (Å²) in [5.74, 6) is -1.70. The average Bonchev–Trinajstić information content (AvgIpc) is 3.97. The Balaban J connectivity index is 1.06. The maximum atomic E-state index is 14.6. The summed E-state index contributed by atoms with van der Waals surface area (Å²) >= 11 is 11.5. The number of hydrogen-bond acceptors (Lipinski definition) is 14. The van der Waals surface area contributed by atoms with E-state index in [9.17, 15) is 14.4 Å². The Hall–Kier alpha value is -6.30. The van der Waals surface area contributed by atoms with Crippen LogP contribution in [0.4, 0.5) is 5.13 Å². The molecule has 2 atom stereocenters. The highest BCUT2D eigenvalue weighted by Gasteiger charge is 2.55. The summed E-state index contributed by atoms with van der Waals surface area (Å²) in [7, 11) is 0. The predicted molar refractivity (Wildman–Crippen MR) is 247 cm³/mol. The summed E-state index contributed by atoms with van der Waals surface area (Å²) in [4.78, 5) is 56.6. The highest BCUT2D eigenvalue weighted by molar-refractivity contribution is 8.07. The van der Waals surface area contributed by atoms with E-state index >= 15 is 0 Å². The van der Waals surface area contributed by atoms with Crippen molar-refractivity contribution < 1.29 is 24.0 Å². The number of aromatic nitrogens is 3. The fourth-order valence-corrected chi connectivity index (χ4v) is 11.4. The Bertz CT molecular complexity index is 2670. The SMILES string of the molecule is Nc1nc(C(=NOC(c2ccccc2)(c2ccccc2)c2ccccc2)C(=O)NC2C(=O)N3C(C(=O)OC(c4ccccc4)c4ccccc4)=C(Sc4cnns4)CSC23)c(Cl)s1. The van der Waals surface area contributed by atoms with Crippen molar-refractivity contribution in [3.8, 4) is 0 Å². The number of ether oxygens (including phenoxy) is 1. The van der Waals surface area contributed by atoms with Gasteiger partial charge in [-0.15, -0.1) is 16.9 Å². The van der Waals surface area contributed by atoms with Crippen molar-refractivity contribution >= 4 is 86.6 Å². The van der Waals surface area contributed by atoms with Crippen LogP contribution < -0.4 is 11.1 Å². The molecule has 2 aliphatic rings. The first-order valence-electron chi connectivity index (χ1n) is 19.4. The molecule has 2 amide bonds. The third-order valence-electron chi connectivity index (χ3n) is 10.3. The summed E-state index contributed by atoms with van der Waals surface area (Å²) in [6, 6.07) is 46.3. The van der Waals surface area contributed by atoms with Crippen LogP contribution in [0, 0.1) is 0 Å². The minimum absolute atomic E-state index is 0.0199. The van der Waals surface area contributed by atoms with Crippen LogP contribution in [0.15, 0.2) is 178 Å². The van der Waals surface area contributed by atoms with Crippen molar-refractivity contribution in [2.24, 2.45) is 5.16 Å². The summed E-state index contributed by atoms with van der Waals surface area (Å²) in [6.45, 7) is 0. The second-order valence-electron chi connectivity index (χ2n) is 14.1. The van der Waals surface area contributed by atoms with Crippen molar-refractivity contribution in [1.82, 2.24) is 24.8 Å². The molecule has 17 heteroatoms. The van der Waals surface area contributed by atoms with Crippen LogP contribution in [0.25, 0.3) is 0 Å². The number of benzene rings is 5. The number of thioether (sulfide) groups is 2. The number of nitrogens with zero attached hydrogens (tertiary/aromatic N) is 5. The molecule has 7 aromatic rings. The number of amides is 2. The fourth-order valence-electron chi connectivity index (χ4n) is 7.39. The number of fused-ring (bicyclic) bond motifs is 1. The van der Waals surface area contributed by atoms with E-state index in [1.54, 1.807) is 6.20 Å². The minimum Gasteiger partial charge on any atom is -0.448 e. The molecule has 9 rings (SSSR count). The molecule has 12 nitrogen and oxygen atoms in total. The van der Waals surface area contributed by atoms with Crippen molar-refractivity contribution in [2.45, 2.75) is 27.3 Å². The van der Waals surface area contributed by atoms with Gasteiger partial charge >= 0.3 is 5.97 Å². The molecule has 63 heavy (non-hydrogen) atoms. The summed E-state index contributed by atoms with van der Waals surface area (Å²) in [5, 5.41) is 10.8. The third-order valence-corrected chi connectivity index (χ3v) is 14.6. The van der Waals surface area contributed by atoms with E-state index in [4.69, 9.17) is 26.9 Å². The van der Waals surface area contributed by atoms with Crippen molar-refractivity contribution in [2.75, 3.05) is 11.5 Å². The molecule has 0 aliphatic carbocycles. The van der Waals surface area contributed by atoms with E-state index in [1.165, 1.54) is 40.0 Å². The van der Waals surface area contributed by atoms with E-state index in [2.05, 4.69) is 25.0 Å². The molecule has 1 saturated heterocycles. The van der Waals surface area contributed by atoms with Gasteiger partial charge in [0.05, 0.1) is 6.20 Å².